The molecule has 0 spiro atoms. The fraction of sp³-hybridized carbons (Fsp3) is 0.364. The van der Waals surface area contributed by atoms with E-state index in [9.17, 15) is 5.21 Å². The number of ether oxygens (including phenoxy) is 3. The van der Waals surface area contributed by atoms with Crippen molar-refractivity contribution in [1.29, 1.82) is 0 Å². The first-order valence-electron chi connectivity index (χ1n) is 4.59. The highest BCUT2D eigenvalue weighted by atomic mass is 16.7. The quantitative estimate of drug-likeness (QED) is 0.579. The highest BCUT2D eigenvalue weighted by Crippen LogP contribution is 2.28. The van der Waals surface area contributed by atoms with Crippen molar-refractivity contribution in [3.8, 4) is 11.8 Å². The molecule has 1 aromatic carbocycles. The Labute approximate surface area is 93.9 Å². The number of hydrogen-bond donors (Lipinski definition) is 0. The van der Waals surface area contributed by atoms with Gasteiger partial charge in [-0.15, -0.1) is 0 Å². The van der Waals surface area contributed by atoms with Crippen molar-refractivity contribution in [1.82, 2.24) is 0 Å². The average molecular weight is 223 g/mol. The van der Waals surface area contributed by atoms with Gasteiger partial charge in [-0.05, 0) is 6.07 Å². The van der Waals surface area contributed by atoms with Crippen LogP contribution in [-0.2, 0) is 9.47 Å². The first-order chi connectivity index (χ1) is 7.78. The summed E-state index contributed by atoms with van der Waals surface area (Å²) < 4.78 is 15.3. The molecule has 0 aromatic heterocycles. The van der Waals surface area contributed by atoms with Crippen molar-refractivity contribution in [2.24, 2.45) is 0 Å². The molecule has 5 nitrogen and oxygen atoms in total. The monoisotopic (exact) mass is 223 g/mol. The Balaban J connectivity index is 3.29. The number of rotatable bonds is 4. The molecule has 0 saturated carbocycles. The van der Waals surface area contributed by atoms with E-state index in [1.807, 2.05) is 0 Å². The van der Waals surface area contributed by atoms with Gasteiger partial charge in [0.05, 0.1) is 7.11 Å². The van der Waals surface area contributed by atoms with Crippen molar-refractivity contribution >= 4 is 0 Å². The molecule has 0 unspecified atom stereocenters. The van der Waals surface area contributed by atoms with Crippen LogP contribution >= 0.6 is 0 Å². The Hall–Kier alpha value is -1.77. The third-order valence-corrected chi connectivity index (χ3v) is 2.12. The van der Waals surface area contributed by atoms with Crippen LogP contribution in [0.5, 0.6) is 5.75 Å². The van der Waals surface area contributed by atoms with Gasteiger partial charge in [-0.2, -0.15) is 0 Å². The van der Waals surface area contributed by atoms with Gasteiger partial charge in [-0.25, -0.2) is 0 Å². The first-order valence-corrected chi connectivity index (χ1v) is 4.59. The summed E-state index contributed by atoms with van der Waals surface area (Å²) in [5, 5.41) is 12.9. The third-order valence-electron chi connectivity index (χ3n) is 2.12. The average Bonchev–Trinajstić information content (AvgIpc) is 2.32. The molecular formula is C11H13NO4. The summed E-state index contributed by atoms with van der Waals surface area (Å²) in [4.78, 5) is 0. The molecule has 0 fully saturated rings. The summed E-state index contributed by atoms with van der Waals surface area (Å²) in [6.45, 7) is 0. The summed E-state index contributed by atoms with van der Waals surface area (Å²) in [7, 11) is 4.52. The molecule has 16 heavy (non-hydrogen) atoms. The van der Waals surface area contributed by atoms with Crippen molar-refractivity contribution in [3.63, 3.8) is 0 Å². The largest absolute Gasteiger partial charge is 0.498 e. The minimum absolute atomic E-state index is 0.439. The maximum absolute atomic E-state index is 10.3. The molecule has 1 aromatic rings. The van der Waals surface area contributed by atoms with Crippen LogP contribution in [0.4, 0.5) is 0 Å². The van der Waals surface area contributed by atoms with E-state index in [0.717, 1.165) is 0 Å². The zero-order chi connectivity index (χ0) is 12.0. The summed E-state index contributed by atoms with van der Waals surface area (Å²) in [6.07, 6.45) is -0.584. The van der Waals surface area contributed by atoms with E-state index in [0.29, 0.717) is 16.9 Å². The Morgan fingerprint density at radius 2 is 1.94 bits per heavy atom. The molecule has 5 heteroatoms. The molecule has 0 aliphatic heterocycles. The Morgan fingerprint density at radius 1 is 1.25 bits per heavy atom. The fourth-order valence-corrected chi connectivity index (χ4v) is 1.43. The maximum Gasteiger partial charge on any atom is 0.341 e. The van der Waals surface area contributed by atoms with Crippen molar-refractivity contribution in [2.45, 2.75) is 6.29 Å². The van der Waals surface area contributed by atoms with Gasteiger partial charge in [0.2, 0.25) is 0 Å². The predicted octanol–water partition coefficient (Wildman–Crippen LogP) is 2.17. The standard InChI is InChI=1S/C11H13NO4/c1-14-10-6-4-5-8(9(10)7-12-13)11(15-2)16-3/h4-6,11H,1-3H3. The summed E-state index contributed by atoms with van der Waals surface area (Å²) in [5.74, 6) is 0.496. The van der Waals surface area contributed by atoms with E-state index in [1.165, 1.54) is 21.3 Å². The van der Waals surface area contributed by atoms with Crippen LogP contribution in [0.2, 0.25) is 0 Å². The molecule has 0 radical (unpaired) electrons. The molecule has 1 rings (SSSR count). The lowest BCUT2D eigenvalue weighted by molar-refractivity contribution is -0.106. The molecule has 0 N–H and O–H groups in total. The number of hydrogen-bond acceptors (Lipinski definition) is 4. The fourth-order valence-electron chi connectivity index (χ4n) is 1.43. The second kappa shape index (κ2) is 5.95. The second-order valence-electron chi connectivity index (χ2n) is 2.93. The molecule has 0 heterocycles. The molecule has 0 aliphatic rings. The minimum Gasteiger partial charge on any atom is -0.498 e. The number of methoxy groups -OCH3 is 3. The molecular weight excluding hydrogens is 210 g/mol. The van der Waals surface area contributed by atoms with Crippen LogP contribution < -0.4 is 4.74 Å². The smallest absolute Gasteiger partial charge is 0.341 e. The first kappa shape index (κ1) is 12.3. The highest BCUT2D eigenvalue weighted by molar-refractivity contribution is 5.50. The normalized spacial score (nSPS) is 9.75. The summed E-state index contributed by atoms with van der Waals surface area (Å²) in [6, 6.07) is 7.57. The number of benzene rings is 1. The zero-order valence-corrected chi connectivity index (χ0v) is 9.39. The Bertz CT molecular complexity index is 404. The minimum atomic E-state index is -0.584. The van der Waals surface area contributed by atoms with Gasteiger partial charge in [0.15, 0.2) is 11.9 Å². The lowest BCUT2D eigenvalue weighted by atomic mass is 10.1. The van der Waals surface area contributed by atoms with E-state index >= 15 is 0 Å². The van der Waals surface area contributed by atoms with Crippen LogP contribution in [0, 0.1) is 11.3 Å². The molecule has 0 amide bonds. The van der Waals surface area contributed by atoms with Crippen molar-refractivity contribution < 1.29 is 14.2 Å². The summed E-state index contributed by atoms with van der Waals surface area (Å²) >= 11 is 0. The second-order valence-corrected chi connectivity index (χ2v) is 2.93. The molecule has 0 bridgehead atoms. The van der Waals surface area contributed by atoms with E-state index in [-0.39, 0.29) is 0 Å². The van der Waals surface area contributed by atoms with Gasteiger partial charge in [-0.1, -0.05) is 12.1 Å². The van der Waals surface area contributed by atoms with E-state index in [4.69, 9.17) is 14.2 Å². The number of nitrogens with zero attached hydrogens (tertiary/aromatic N) is 1. The lowest BCUT2D eigenvalue weighted by Gasteiger charge is -2.15. The molecule has 0 atom stereocenters. The lowest BCUT2D eigenvalue weighted by Crippen LogP contribution is -2.06. The topological polar surface area (TPSA) is 55.1 Å². The van der Waals surface area contributed by atoms with Crippen LogP contribution in [0.25, 0.3) is 5.01 Å². The van der Waals surface area contributed by atoms with E-state index < -0.39 is 6.29 Å². The van der Waals surface area contributed by atoms with E-state index in [2.05, 4.69) is 11.1 Å². The third kappa shape index (κ3) is 2.42. The Morgan fingerprint density at radius 3 is 2.44 bits per heavy atom. The van der Waals surface area contributed by atoms with Gasteiger partial charge in [-0.3, -0.25) is 0 Å². The van der Waals surface area contributed by atoms with Gasteiger partial charge >= 0.3 is 6.07 Å². The van der Waals surface area contributed by atoms with Crippen LogP contribution in [0.15, 0.2) is 18.2 Å². The predicted molar refractivity (Wildman–Crippen MR) is 59.5 cm³/mol. The zero-order valence-electron chi connectivity index (χ0n) is 9.39. The van der Waals surface area contributed by atoms with Gasteiger partial charge in [0.1, 0.15) is 5.75 Å². The van der Waals surface area contributed by atoms with Gasteiger partial charge in [0.25, 0.3) is 0 Å². The van der Waals surface area contributed by atoms with Gasteiger partial charge in [0, 0.05) is 24.8 Å². The SMILES string of the molecule is COc1cccc(C(OC)OC)c1C#[N+][O-]. The van der Waals surface area contributed by atoms with Crippen molar-refractivity contribution in [3.05, 3.63) is 39.5 Å². The van der Waals surface area contributed by atoms with Crippen molar-refractivity contribution in [2.75, 3.05) is 21.3 Å². The maximum atomic E-state index is 10.3. The molecule has 86 valence electrons. The van der Waals surface area contributed by atoms with Crippen LogP contribution in [0.3, 0.4) is 0 Å². The Kier molecular flexibility index (Phi) is 4.58. The van der Waals surface area contributed by atoms with Gasteiger partial charge < -0.3 is 19.4 Å². The van der Waals surface area contributed by atoms with Crippen LogP contribution in [-0.4, -0.2) is 21.3 Å². The van der Waals surface area contributed by atoms with E-state index in [1.54, 1.807) is 18.2 Å². The van der Waals surface area contributed by atoms with Crippen LogP contribution in [0.1, 0.15) is 17.4 Å². The molecule has 0 aliphatic carbocycles. The summed E-state index contributed by atoms with van der Waals surface area (Å²) in [5.41, 5.74) is 1.08. The molecule has 0 saturated heterocycles. The highest BCUT2D eigenvalue weighted by Gasteiger charge is 2.19.